The number of hydrogen-bond donors (Lipinski definition) is 2. The van der Waals surface area contributed by atoms with Crippen molar-refractivity contribution < 1.29 is 24.6 Å². The van der Waals surface area contributed by atoms with Gasteiger partial charge >= 0.3 is 11.9 Å². The highest BCUT2D eigenvalue weighted by Crippen LogP contribution is 1.98. The molecule has 0 rings (SSSR count). The van der Waals surface area contributed by atoms with Gasteiger partial charge in [0.05, 0.1) is 5.75 Å². The fourth-order valence-electron chi connectivity index (χ4n) is 0.774. The van der Waals surface area contributed by atoms with Crippen LogP contribution < -0.4 is 0 Å². The Morgan fingerprint density at radius 1 is 1.14 bits per heavy atom. The van der Waals surface area contributed by atoms with Gasteiger partial charge in [0.15, 0.2) is 0 Å². The van der Waals surface area contributed by atoms with Crippen LogP contribution in [0.4, 0.5) is 0 Å². The van der Waals surface area contributed by atoms with Crippen LogP contribution in [0.2, 0.25) is 0 Å². The van der Waals surface area contributed by atoms with Crippen molar-refractivity contribution in [2.75, 3.05) is 25.1 Å². The molecule has 0 aliphatic heterocycles. The van der Waals surface area contributed by atoms with Gasteiger partial charge in [-0.05, 0) is 6.26 Å². The van der Waals surface area contributed by atoms with Gasteiger partial charge in [-0.1, -0.05) is 0 Å². The van der Waals surface area contributed by atoms with E-state index in [0.29, 0.717) is 0 Å². The zero-order valence-corrected chi connectivity index (χ0v) is 8.41. The van der Waals surface area contributed by atoms with Crippen molar-refractivity contribution in [3.8, 4) is 0 Å². The lowest BCUT2D eigenvalue weighted by Crippen LogP contribution is -2.40. The van der Waals surface area contributed by atoms with Crippen LogP contribution in [0, 0.1) is 0 Å². The molecule has 6 nitrogen and oxygen atoms in total. The van der Waals surface area contributed by atoms with Gasteiger partial charge < -0.3 is 15.1 Å². The van der Waals surface area contributed by atoms with Gasteiger partial charge in [-0.25, -0.2) is 0 Å². The molecule has 0 aromatic carbocycles. The Hall–Kier alpha value is -1.24. The highest BCUT2D eigenvalue weighted by molar-refractivity contribution is 7.99. The smallest absolute Gasteiger partial charge is 0.323 e. The molecule has 0 radical (unpaired) electrons. The van der Waals surface area contributed by atoms with E-state index in [1.54, 1.807) is 6.26 Å². The van der Waals surface area contributed by atoms with Crippen molar-refractivity contribution in [1.29, 1.82) is 0 Å². The predicted molar refractivity (Wildman–Crippen MR) is 50.2 cm³/mol. The monoisotopic (exact) mass is 221 g/mol. The number of carbonyl (C=O) groups is 3. The van der Waals surface area contributed by atoms with E-state index < -0.39 is 30.9 Å². The summed E-state index contributed by atoms with van der Waals surface area (Å²) in [6.07, 6.45) is 1.68. The quantitative estimate of drug-likeness (QED) is 0.618. The number of carboxylic acid groups (broad SMARTS) is 2. The first-order chi connectivity index (χ1) is 6.47. The van der Waals surface area contributed by atoms with Crippen LogP contribution in [0.15, 0.2) is 0 Å². The van der Waals surface area contributed by atoms with Crippen molar-refractivity contribution in [2.24, 2.45) is 0 Å². The second-order valence-corrected chi connectivity index (χ2v) is 3.34. The fourth-order valence-corrected chi connectivity index (χ4v) is 1.20. The van der Waals surface area contributed by atoms with Gasteiger partial charge in [-0.2, -0.15) is 11.8 Å². The fraction of sp³-hybridized carbons (Fsp3) is 0.571. The topological polar surface area (TPSA) is 94.9 Å². The summed E-state index contributed by atoms with van der Waals surface area (Å²) in [5.74, 6) is -2.84. The third kappa shape index (κ3) is 5.41. The highest BCUT2D eigenvalue weighted by atomic mass is 32.2. The molecule has 0 bridgehead atoms. The second-order valence-electron chi connectivity index (χ2n) is 2.47. The summed E-state index contributed by atoms with van der Waals surface area (Å²) >= 11 is 1.22. The van der Waals surface area contributed by atoms with Crippen LogP contribution in [0.1, 0.15) is 0 Å². The van der Waals surface area contributed by atoms with E-state index in [2.05, 4.69) is 0 Å². The summed E-state index contributed by atoms with van der Waals surface area (Å²) in [4.78, 5) is 32.6. The molecular weight excluding hydrogens is 210 g/mol. The lowest BCUT2D eigenvalue weighted by Gasteiger charge is -2.17. The standard InChI is InChI=1S/C7H11NO5S/c1-14-4-5(9)8(2-6(10)11)3-7(12)13/h2-4H2,1H3,(H,10,11)(H,12,13). The first kappa shape index (κ1) is 12.8. The average molecular weight is 221 g/mol. The van der Waals surface area contributed by atoms with Crippen molar-refractivity contribution in [3.05, 3.63) is 0 Å². The number of carbonyl (C=O) groups excluding carboxylic acids is 1. The van der Waals surface area contributed by atoms with Crippen molar-refractivity contribution >= 4 is 29.6 Å². The average Bonchev–Trinajstić information content (AvgIpc) is 2.01. The SMILES string of the molecule is CSCC(=O)N(CC(=O)O)CC(=O)O. The molecule has 0 aliphatic carbocycles. The van der Waals surface area contributed by atoms with Crippen LogP contribution in [0.3, 0.4) is 0 Å². The number of rotatable bonds is 6. The van der Waals surface area contributed by atoms with Crippen LogP contribution in [-0.4, -0.2) is 58.1 Å². The number of hydrogen-bond acceptors (Lipinski definition) is 4. The van der Waals surface area contributed by atoms with Gasteiger partial charge in [0, 0.05) is 0 Å². The second kappa shape index (κ2) is 6.25. The van der Waals surface area contributed by atoms with Crippen LogP contribution >= 0.6 is 11.8 Å². The van der Waals surface area contributed by atoms with E-state index in [4.69, 9.17) is 10.2 Å². The van der Waals surface area contributed by atoms with Crippen LogP contribution in [0.5, 0.6) is 0 Å². The summed E-state index contributed by atoms with van der Waals surface area (Å²) in [7, 11) is 0. The molecular formula is C7H11NO5S. The largest absolute Gasteiger partial charge is 0.480 e. The zero-order chi connectivity index (χ0) is 11.1. The van der Waals surface area contributed by atoms with Gasteiger partial charge in [0.1, 0.15) is 13.1 Å². The summed E-state index contributed by atoms with van der Waals surface area (Å²) < 4.78 is 0. The maximum atomic E-state index is 11.2. The molecule has 80 valence electrons. The summed E-state index contributed by atoms with van der Waals surface area (Å²) in [5, 5.41) is 16.8. The molecule has 0 aliphatic rings. The normalized spacial score (nSPS) is 9.50. The lowest BCUT2D eigenvalue weighted by atomic mass is 10.4. The van der Waals surface area contributed by atoms with Crippen molar-refractivity contribution in [1.82, 2.24) is 4.90 Å². The molecule has 14 heavy (non-hydrogen) atoms. The number of amides is 1. The minimum absolute atomic E-state index is 0.0839. The van der Waals surface area contributed by atoms with Gasteiger partial charge in [0.2, 0.25) is 5.91 Å². The Balaban J connectivity index is 4.29. The Labute approximate surface area is 84.9 Å². The molecule has 0 heterocycles. The molecule has 1 amide bonds. The van der Waals surface area contributed by atoms with Crippen LogP contribution in [0.25, 0.3) is 0 Å². The number of carboxylic acids is 2. The molecule has 0 saturated heterocycles. The first-order valence-electron chi connectivity index (χ1n) is 3.67. The molecule has 0 unspecified atom stereocenters. The molecule has 0 spiro atoms. The Bertz CT molecular complexity index is 226. The summed E-state index contributed by atoms with van der Waals surface area (Å²) in [6.45, 7) is -1.16. The van der Waals surface area contributed by atoms with Crippen molar-refractivity contribution in [3.63, 3.8) is 0 Å². The van der Waals surface area contributed by atoms with Crippen molar-refractivity contribution in [2.45, 2.75) is 0 Å². The molecule has 0 atom stereocenters. The van der Waals surface area contributed by atoms with Gasteiger partial charge in [-0.3, -0.25) is 14.4 Å². The van der Waals surface area contributed by atoms with E-state index in [9.17, 15) is 14.4 Å². The number of aliphatic carboxylic acids is 2. The van der Waals surface area contributed by atoms with Crippen LogP contribution in [-0.2, 0) is 14.4 Å². The predicted octanol–water partition coefficient (Wildman–Crippen LogP) is -0.653. The van der Waals surface area contributed by atoms with E-state index in [-0.39, 0.29) is 5.75 Å². The third-order valence-electron chi connectivity index (χ3n) is 1.27. The Morgan fingerprint density at radius 3 is 1.86 bits per heavy atom. The zero-order valence-electron chi connectivity index (χ0n) is 7.60. The maximum Gasteiger partial charge on any atom is 0.323 e. The molecule has 2 N–H and O–H groups in total. The van der Waals surface area contributed by atoms with Gasteiger partial charge in [0.25, 0.3) is 0 Å². The molecule has 0 aromatic rings. The molecule has 0 aromatic heterocycles. The minimum atomic E-state index is -1.22. The Kier molecular flexibility index (Phi) is 5.70. The number of thioether (sulfide) groups is 1. The molecule has 7 heteroatoms. The first-order valence-corrected chi connectivity index (χ1v) is 5.07. The molecule has 0 fully saturated rings. The highest BCUT2D eigenvalue weighted by Gasteiger charge is 2.18. The molecule has 0 saturated carbocycles. The third-order valence-corrected chi connectivity index (χ3v) is 1.81. The Morgan fingerprint density at radius 2 is 1.57 bits per heavy atom. The summed E-state index contributed by atoms with van der Waals surface area (Å²) in [5.41, 5.74) is 0. The van der Waals surface area contributed by atoms with E-state index in [1.807, 2.05) is 0 Å². The lowest BCUT2D eigenvalue weighted by molar-refractivity contribution is -0.148. The van der Waals surface area contributed by atoms with E-state index >= 15 is 0 Å². The van der Waals surface area contributed by atoms with E-state index in [1.165, 1.54) is 11.8 Å². The van der Waals surface area contributed by atoms with E-state index in [0.717, 1.165) is 4.90 Å². The maximum absolute atomic E-state index is 11.2. The van der Waals surface area contributed by atoms with Gasteiger partial charge in [-0.15, -0.1) is 0 Å². The number of nitrogens with zero attached hydrogens (tertiary/aromatic N) is 1. The summed E-state index contributed by atoms with van der Waals surface area (Å²) in [6, 6.07) is 0. The minimum Gasteiger partial charge on any atom is -0.480 e.